The molecule has 1 heterocycles. The minimum absolute atomic E-state index is 0.106. The molecule has 0 aromatic heterocycles. The molecule has 1 aliphatic heterocycles. The van der Waals surface area contributed by atoms with Crippen LogP contribution in [0.15, 0.2) is 53.5 Å². The fraction of sp³-hybridized carbons (Fsp3) is 0.125. The molecule has 2 aromatic carbocycles. The molecule has 1 unspecified atom stereocenters. The van der Waals surface area contributed by atoms with Gasteiger partial charge in [-0.05, 0) is 35.9 Å². The van der Waals surface area contributed by atoms with Crippen LogP contribution in [0.25, 0.3) is 0 Å². The number of hydrogen-bond acceptors (Lipinski definition) is 4. The number of fused-ring (bicyclic) bond motifs is 1. The van der Waals surface area contributed by atoms with Gasteiger partial charge in [0.2, 0.25) is 15.9 Å². The van der Waals surface area contributed by atoms with Crippen molar-refractivity contribution in [2.45, 2.75) is 5.92 Å². The Bertz CT molecular complexity index is 874. The second-order valence-electron chi connectivity index (χ2n) is 5.25. The Labute approximate surface area is 134 Å². The number of sulfonamides is 1. The maximum Gasteiger partial charge on any atom is 0.237 e. The second kappa shape index (κ2) is 5.85. The number of nitrogens with zero attached hydrogens (tertiary/aromatic N) is 1. The van der Waals surface area contributed by atoms with Gasteiger partial charge in [0.15, 0.2) is 0 Å². The van der Waals surface area contributed by atoms with Crippen molar-refractivity contribution in [1.82, 2.24) is 0 Å². The molecule has 0 radical (unpaired) electrons. The molecule has 0 bridgehead atoms. The third-order valence-corrected chi connectivity index (χ3v) is 3.99. The number of rotatable bonds is 4. The number of nitrogens with one attached hydrogen (secondary N) is 2. The summed E-state index contributed by atoms with van der Waals surface area (Å²) in [6, 6.07) is 14.1. The van der Waals surface area contributed by atoms with Gasteiger partial charge >= 0.3 is 0 Å². The Morgan fingerprint density at radius 1 is 1.13 bits per heavy atom. The number of para-hydroxylation sites is 1. The molecule has 6 nitrogen and oxygen atoms in total. The molecule has 1 atom stereocenters. The van der Waals surface area contributed by atoms with Crippen LogP contribution in [0.2, 0.25) is 0 Å². The normalized spacial score (nSPS) is 17.1. The number of aliphatic imine (C=N–C) groups is 1. The van der Waals surface area contributed by atoms with Gasteiger partial charge in [0.1, 0.15) is 5.92 Å². The van der Waals surface area contributed by atoms with E-state index in [9.17, 15) is 13.2 Å². The molecule has 0 fully saturated rings. The van der Waals surface area contributed by atoms with E-state index in [0.717, 1.165) is 17.5 Å². The minimum atomic E-state index is -3.30. The lowest BCUT2D eigenvalue weighted by Crippen LogP contribution is -2.12. The highest BCUT2D eigenvalue weighted by molar-refractivity contribution is 7.92. The smallest absolute Gasteiger partial charge is 0.237 e. The lowest BCUT2D eigenvalue weighted by molar-refractivity contribution is -0.115. The Morgan fingerprint density at radius 2 is 1.83 bits per heavy atom. The number of benzene rings is 2. The molecule has 0 saturated heterocycles. The van der Waals surface area contributed by atoms with Crippen molar-refractivity contribution < 1.29 is 13.2 Å². The largest absolute Gasteiger partial charge is 0.325 e. The predicted octanol–water partition coefficient (Wildman–Crippen LogP) is 2.50. The summed E-state index contributed by atoms with van der Waals surface area (Å²) >= 11 is 0. The highest BCUT2D eigenvalue weighted by atomic mass is 32.2. The van der Waals surface area contributed by atoms with E-state index in [0.29, 0.717) is 11.4 Å². The Kier molecular flexibility index (Phi) is 3.87. The van der Waals surface area contributed by atoms with Crippen molar-refractivity contribution in [3.8, 4) is 0 Å². The number of carbonyl (C=O) groups is 1. The topological polar surface area (TPSA) is 87.6 Å². The summed E-state index contributed by atoms with van der Waals surface area (Å²) < 4.78 is 24.7. The quantitative estimate of drug-likeness (QED) is 0.845. The maximum absolute atomic E-state index is 12.0. The summed E-state index contributed by atoms with van der Waals surface area (Å²) in [6.07, 6.45) is 2.69. The van der Waals surface area contributed by atoms with Crippen LogP contribution in [0.5, 0.6) is 0 Å². The molecule has 0 aliphatic carbocycles. The van der Waals surface area contributed by atoms with Crippen molar-refractivity contribution in [3.63, 3.8) is 0 Å². The monoisotopic (exact) mass is 329 g/mol. The molecule has 2 aromatic rings. The van der Waals surface area contributed by atoms with Crippen LogP contribution in [0.3, 0.4) is 0 Å². The Morgan fingerprint density at radius 3 is 2.52 bits per heavy atom. The first-order valence-corrected chi connectivity index (χ1v) is 8.83. The van der Waals surface area contributed by atoms with E-state index in [-0.39, 0.29) is 5.91 Å². The van der Waals surface area contributed by atoms with Crippen LogP contribution in [-0.2, 0) is 14.8 Å². The van der Waals surface area contributed by atoms with Crippen LogP contribution in [0.4, 0.5) is 17.1 Å². The lowest BCUT2D eigenvalue weighted by Gasteiger charge is -2.04. The molecule has 7 heteroatoms. The zero-order valence-electron chi connectivity index (χ0n) is 12.4. The molecular formula is C16H15N3O3S. The van der Waals surface area contributed by atoms with E-state index in [1.807, 2.05) is 24.3 Å². The van der Waals surface area contributed by atoms with Gasteiger partial charge in [-0.25, -0.2) is 8.42 Å². The first-order valence-electron chi connectivity index (χ1n) is 6.94. The van der Waals surface area contributed by atoms with Crippen LogP contribution in [0, 0.1) is 0 Å². The van der Waals surface area contributed by atoms with Gasteiger partial charge in [0.05, 0.1) is 11.9 Å². The molecule has 2 N–H and O–H groups in total. The van der Waals surface area contributed by atoms with Gasteiger partial charge in [0.25, 0.3) is 0 Å². The summed E-state index contributed by atoms with van der Waals surface area (Å²) in [5, 5.41) is 2.81. The number of hydrogen-bond donors (Lipinski definition) is 2. The predicted molar refractivity (Wildman–Crippen MR) is 90.9 cm³/mol. The summed E-state index contributed by atoms with van der Waals surface area (Å²) in [6.45, 7) is 0. The molecule has 118 valence electrons. The summed E-state index contributed by atoms with van der Waals surface area (Å²) in [7, 11) is -3.30. The van der Waals surface area contributed by atoms with Gasteiger partial charge in [-0.2, -0.15) is 0 Å². The van der Waals surface area contributed by atoms with Crippen LogP contribution >= 0.6 is 0 Å². The number of amides is 1. The molecular weight excluding hydrogens is 314 g/mol. The summed E-state index contributed by atoms with van der Waals surface area (Å²) in [5.74, 6) is -0.523. The number of anilines is 2. The van der Waals surface area contributed by atoms with Crippen LogP contribution < -0.4 is 10.0 Å². The molecule has 3 rings (SSSR count). The van der Waals surface area contributed by atoms with Gasteiger partial charge in [-0.15, -0.1) is 0 Å². The Hall–Kier alpha value is -2.67. The van der Waals surface area contributed by atoms with Crippen LogP contribution in [0.1, 0.15) is 11.5 Å². The van der Waals surface area contributed by atoms with Gasteiger partial charge in [-0.3, -0.25) is 14.5 Å². The molecule has 23 heavy (non-hydrogen) atoms. The summed E-state index contributed by atoms with van der Waals surface area (Å²) in [5.41, 5.74) is 2.81. The van der Waals surface area contributed by atoms with E-state index in [2.05, 4.69) is 15.0 Å². The third kappa shape index (κ3) is 3.57. The minimum Gasteiger partial charge on any atom is -0.325 e. The van der Waals surface area contributed by atoms with Crippen molar-refractivity contribution in [2.75, 3.05) is 16.3 Å². The fourth-order valence-corrected chi connectivity index (χ4v) is 2.94. The SMILES string of the molecule is CS(=O)(=O)Nc1ccc(N=CC2C(=O)Nc3ccccc32)cc1. The van der Waals surface area contributed by atoms with Crippen LogP contribution in [-0.4, -0.2) is 26.8 Å². The molecule has 1 aliphatic rings. The molecule has 0 spiro atoms. The average molecular weight is 329 g/mol. The van der Waals surface area contributed by atoms with Crippen molar-refractivity contribution in [3.05, 3.63) is 54.1 Å². The van der Waals surface area contributed by atoms with Gasteiger partial charge < -0.3 is 5.32 Å². The van der Waals surface area contributed by atoms with E-state index in [1.54, 1.807) is 30.5 Å². The lowest BCUT2D eigenvalue weighted by atomic mass is 10.0. The standard InChI is InChI=1S/C16H15N3O3S/c1-23(21,22)19-12-8-6-11(7-9-12)17-10-14-13-4-2-3-5-15(13)18-16(14)20/h2-10,14,19H,1H3,(H,18,20). The van der Waals surface area contributed by atoms with Gasteiger partial charge in [0, 0.05) is 17.6 Å². The Balaban J connectivity index is 1.77. The van der Waals surface area contributed by atoms with Crippen molar-refractivity contribution in [2.24, 2.45) is 4.99 Å². The summed E-state index contributed by atoms with van der Waals surface area (Å²) in [4.78, 5) is 16.3. The van der Waals surface area contributed by atoms with Gasteiger partial charge in [-0.1, -0.05) is 18.2 Å². The highest BCUT2D eigenvalue weighted by Crippen LogP contribution is 2.31. The van der Waals surface area contributed by atoms with Crippen molar-refractivity contribution >= 4 is 39.2 Å². The zero-order chi connectivity index (χ0) is 16.4. The average Bonchev–Trinajstić information content (AvgIpc) is 2.80. The first kappa shape index (κ1) is 15.2. The van der Waals surface area contributed by atoms with Crippen molar-refractivity contribution in [1.29, 1.82) is 0 Å². The highest BCUT2D eigenvalue weighted by Gasteiger charge is 2.28. The number of carbonyl (C=O) groups excluding carboxylic acids is 1. The maximum atomic E-state index is 12.0. The first-order chi connectivity index (χ1) is 10.9. The van der Waals surface area contributed by atoms with E-state index in [4.69, 9.17) is 0 Å². The second-order valence-corrected chi connectivity index (χ2v) is 7.00. The molecule has 1 amide bonds. The zero-order valence-corrected chi connectivity index (χ0v) is 13.2. The fourth-order valence-electron chi connectivity index (χ4n) is 2.37. The van der Waals surface area contributed by atoms with E-state index >= 15 is 0 Å². The van der Waals surface area contributed by atoms with E-state index in [1.165, 1.54) is 0 Å². The third-order valence-electron chi connectivity index (χ3n) is 3.38. The molecule has 0 saturated carbocycles. The van der Waals surface area contributed by atoms with E-state index < -0.39 is 15.9 Å².